The van der Waals surface area contributed by atoms with Crippen molar-refractivity contribution in [1.82, 2.24) is 4.57 Å². The molecule has 4 rings (SSSR count). The second-order valence-corrected chi connectivity index (χ2v) is 7.52. The molecular formula is C20H16FNO4S. The Hall–Kier alpha value is -2.80. The molecule has 1 N–H and O–H groups in total. The number of halogens is 1. The Kier molecular flexibility index (Phi) is 4.19. The van der Waals surface area contributed by atoms with Gasteiger partial charge in [0.1, 0.15) is 17.1 Å². The Morgan fingerprint density at radius 3 is 2.63 bits per heavy atom. The van der Waals surface area contributed by atoms with E-state index in [1.807, 2.05) is 11.5 Å². The van der Waals surface area contributed by atoms with Crippen LogP contribution >= 0.6 is 11.8 Å². The lowest BCUT2D eigenvalue weighted by Crippen LogP contribution is -2.29. The molecule has 138 valence electrons. The average Bonchev–Trinajstić information content (AvgIpc) is 2.62. The van der Waals surface area contributed by atoms with Gasteiger partial charge < -0.3 is 14.4 Å². The van der Waals surface area contributed by atoms with Crippen molar-refractivity contribution in [2.75, 3.05) is 6.61 Å². The van der Waals surface area contributed by atoms with E-state index < -0.39 is 17.2 Å². The van der Waals surface area contributed by atoms with Crippen molar-refractivity contribution < 1.29 is 19.0 Å². The number of aromatic nitrogens is 1. The average molecular weight is 385 g/mol. The zero-order valence-electron chi connectivity index (χ0n) is 14.7. The molecule has 27 heavy (non-hydrogen) atoms. The van der Waals surface area contributed by atoms with E-state index in [-0.39, 0.29) is 28.7 Å². The molecule has 5 nitrogen and oxygen atoms in total. The minimum absolute atomic E-state index is 0.00871. The molecule has 0 bridgehead atoms. The van der Waals surface area contributed by atoms with E-state index in [0.29, 0.717) is 21.7 Å². The van der Waals surface area contributed by atoms with E-state index in [2.05, 4.69) is 0 Å². The summed E-state index contributed by atoms with van der Waals surface area (Å²) in [6.45, 7) is 3.77. The highest BCUT2D eigenvalue weighted by atomic mass is 32.2. The summed E-state index contributed by atoms with van der Waals surface area (Å²) in [4.78, 5) is 25.1. The van der Waals surface area contributed by atoms with Gasteiger partial charge in [-0.2, -0.15) is 0 Å². The maximum absolute atomic E-state index is 14.8. The molecule has 1 atom stereocenters. The smallest absolute Gasteiger partial charge is 0.344 e. The largest absolute Gasteiger partial charge is 0.508 e. The molecule has 2 heterocycles. The molecular weight excluding hydrogens is 369 g/mol. The molecule has 1 aromatic heterocycles. The van der Waals surface area contributed by atoms with Crippen molar-refractivity contribution in [2.24, 2.45) is 0 Å². The van der Waals surface area contributed by atoms with Crippen LogP contribution in [0.15, 0.2) is 46.2 Å². The lowest BCUT2D eigenvalue weighted by Gasteiger charge is -2.33. The van der Waals surface area contributed by atoms with Crippen molar-refractivity contribution in [2.45, 2.75) is 24.2 Å². The topological polar surface area (TPSA) is 68.5 Å². The Labute approximate surface area is 158 Å². The third kappa shape index (κ3) is 2.70. The number of aromatic hydroxyl groups is 1. The number of nitrogens with zero attached hydrogens (tertiary/aromatic N) is 1. The lowest BCUT2D eigenvalue weighted by molar-refractivity contribution is 0.0518. The van der Waals surface area contributed by atoms with E-state index >= 15 is 0 Å². The number of thioether (sulfide) groups is 1. The summed E-state index contributed by atoms with van der Waals surface area (Å²) >= 11 is 1.41. The molecule has 0 spiro atoms. The van der Waals surface area contributed by atoms with Gasteiger partial charge in [-0.15, -0.1) is 0 Å². The molecule has 0 fully saturated rings. The van der Waals surface area contributed by atoms with Crippen molar-refractivity contribution in [3.8, 4) is 16.9 Å². The van der Waals surface area contributed by atoms with Crippen molar-refractivity contribution in [3.05, 3.63) is 58.0 Å². The predicted octanol–water partition coefficient (Wildman–Crippen LogP) is 4.31. The summed E-state index contributed by atoms with van der Waals surface area (Å²) in [5.41, 5.74) is 0.918. The number of carbonyl (C=O) groups is 1. The van der Waals surface area contributed by atoms with E-state index in [1.54, 1.807) is 25.1 Å². The number of fused-ring (bicyclic) bond motifs is 3. The summed E-state index contributed by atoms with van der Waals surface area (Å²) < 4.78 is 21.7. The second-order valence-electron chi connectivity index (χ2n) is 6.21. The fraction of sp³-hybridized carbons (Fsp3) is 0.200. The summed E-state index contributed by atoms with van der Waals surface area (Å²) in [6, 6.07) is 8.97. The van der Waals surface area contributed by atoms with Gasteiger partial charge in [0.25, 0.3) is 0 Å². The highest BCUT2D eigenvalue weighted by Gasteiger charge is 2.33. The van der Waals surface area contributed by atoms with E-state index in [0.717, 1.165) is 0 Å². The van der Waals surface area contributed by atoms with Crippen LogP contribution < -0.4 is 5.43 Å². The molecule has 0 saturated heterocycles. The number of ether oxygens (including phenoxy) is 1. The summed E-state index contributed by atoms with van der Waals surface area (Å²) in [5.74, 6) is -1.17. The standard InChI is InChI=1S/C20H16FNO4S/c1-3-26-20(25)17-18(24)14-8-15(21)13(11-4-6-12(23)7-5-11)9-16(14)22-10(2)27-19(17)22/h4-10,23H,3H2,1-2H3. The van der Waals surface area contributed by atoms with Gasteiger partial charge in [-0.05, 0) is 43.7 Å². The van der Waals surface area contributed by atoms with Crippen LogP contribution in [0.5, 0.6) is 5.75 Å². The maximum atomic E-state index is 14.8. The van der Waals surface area contributed by atoms with Gasteiger partial charge in [0.2, 0.25) is 5.43 Å². The highest BCUT2D eigenvalue weighted by molar-refractivity contribution is 8.00. The first-order valence-corrected chi connectivity index (χ1v) is 9.35. The second kappa shape index (κ2) is 6.42. The Morgan fingerprint density at radius 1 is 1.30 bits per heavy atom. The molecule has 3 aromatic rings. The number of phenols is 1. The van der Waals surface area contributed by atoms with E-state index in [9.17, 15) is 19.1 Å². The molecule has 7 heteroatoms. The fourth-order valence-corrected chi connectivity index (χ4v) is 4.44. The molecule has 1 aliphatic rings. The van der Waals surface area contributed by atoms with E-state index in [1.165, 1.54) is 30.0 Å². The Balaban J connectivity index is 2.00. The minimum atomic E-state index is -0.685. The number of carbonyl (C=O) groups excluding carboxylic acids is 1. The van der Waals surface area contributed by atoms with Crippen LogP contribution in [0.2, 0.25) is 0 Å². The number of esters is 1. The highest BCUT2D eigenvalue weighted by Crippen LogP contribution is 2.46. The number of hydrogen-bond donors (Lipinski definition) is 1. The van der Waals surface area contributed by atoms with Gasteiger partial charge in [-0.25, -0.2) is 9.18 Å². The summed E-state index contributed by atoms with van der Waals surface area (Å²) in [6.07, 6.45) is 0. The lowest BCUT2D eigenvalue weighted by atomic mass is 10.0. The number of pyridine rings is 1. The van der Waals surface area contributed by atoms with Crippen LogP contribution in [0.25, 0.3) is 22.0 Å². The van der Waals surface area contributed by atoms with Crippen LogP contribution in [0.3, 0.4) is 0 Å². The number of rotatable bonds is 3. The molecule has 1 unspecified atom stereocenters. The van der Waals surface area contributed by atoms with Crippen molar-refractivity contribution in [1.29, 1.82) is 0 Å². The van der Waals surface area contributed by atoms with Gasteiger partial charge in [0.15, 0.2) is 0 Å². The van der Waals surface area contributed by atoms with Crippen LogP contribution in [0.1, 0.15) is 29.6 Å². The zero-order valence-corrected chi connectivity index (χ0v) is 15.5. The van der Waals surface area contributed by atoms with Gasteiger partial charge >= 0.3 is 5.97 Å². The SMILES string of the molecule is CCOC(=O)c1c2n(c3cc(-c4ccc(O)cc4)c(F)cc3c1=O)C(C)S2. The number of hydrogen-bond acceptors (Lipinski definition) is 5. The quantitative estimate of drug-likeness (QED) is 0.681. The van der Waals surface area contributed by atoms with Crippen LogP contribution in [0.4, 0.5) is 4.39 Å². The third-order valence-electron chi connectivity index (χ3n) is 4.55. The first-order valence-electron chi connectivity index (χ1n) is 8.47. The normalized spacial score (nSPS) is 15.3. The monoisotopic (exact) mass is 385 g/mol. The molecule has 0 radical (unpaired) electrons. The Bertz CT molecular complexity index is 1140. The first kappa shape index (κ1) is 17.6. The van der Waals surface area contributed by atoms with Crippen molar-refractivity contribution >= 4 is 28.6 Å². The molecule has 0 aliphatic carbocycles. The van der Waals surface area contributed by atoms with Crippen LogP contribution in [-0.4, -0.2) is 22.2 Å². The maximum Gasteiger partial charge on any atom is 0.344 e. The molecule has 0 amide bonds. The zero-order chi connectivity index (χ0) is 19.3. The van der Waals surface area contributed by atoms with Gasteiger partial charge in [0, 0.05) is 10.9 Å². The van der Waals surface area contributed by atoms with Crippen LogP contribution in [0, 0.1) is 5.82 Å². The first-order chi connectivity index (χ1) is 12.9. The van der Waals surface area contributed by atoms with E-state index in [4.69, 9.17) is 4.74 Å². The minimum Gasteiger partial charge on any atom is -0.508 e. The summed E-state index contributed by atoms with van der Waals surface area (Å²) in [7, 11) is 0. The molecule has 0 saturated carbocycles. The van der Waals surface area contributed by atoms with Gasteiger partial charge in [0.05, 0.1) is 22.5 Å². The number of benzene rings is 2. The fourth-order valence-electron chi connectivity index (χ4n) is 3.29. The van der Waals surface area contributed by atoms with Gasteiger partial charge in [-0.3, -0.25) is 4.79 Å². The third-order valence-corrected chi connectivity index (χ3v) is 5.73. The summed E-state index contributed by atoms with van der Waals surface area (Å²) in [5, 5.41) is 10.1. The Morgan fingerprint density at radius 2 is 2.00 bits per heavy atom. The molecule has 1 aliphatic heterocycles. The van der Waals surface area contributed by atoms with Crippen molar-refractivity contribution in [3.63, 3.8) is 0 Å². The predicted molar refractivity (Wildman–Crippen MR) is 102 cm³/mol. The molecule has 2 aromatic carbocycles. The number of phenolic OH excluding ortho intramolecular Hbond substituents is 1. The van der Waals surface area contributed by atoms with Crippen LogP contribution in [-0.2, 0) is 4.74 Å². The van der Waals surface area contributed by atoms with Gasteiger partial charge in [-0.1, -0.05) is 23.9 Å².